The number of thiophene rings is 1. The fourth-order valence-electron chi connectivity index (χ4n) is 2.39. The van der Waals surface area contributed by atoms with Gasteiger partial charge in [-0.05, 0) is 48.9 Å². The summed E-state index contributed by atoms with van der Waals surface area (Å²) in [5.41, 5.74) is 0.305. The lowest BCUT2D eigenvalue weighted by Gasteiger charge is -2.28. The monoisotopic (exact) mass is 237 g/mol. The minimum atomic E-state index is 0.305. The van der Waals surface area contributed by atoms with E-state index in [1.165, 1.54) is 24.4 Å². The molecule has 0 spiro atoms. The molecule has 1 nitrogen and oxygen atoms in total. The van der Waals surface area contributed by atoms with E-state index in [1.807, 2.05) is 11.3 Å². The molecule has 0 saturated carbocycles. The first-order chi connectivity index (χ1) is 7.48. The van der Waals surface area contributed by atoms with E-state index < -0.39 is 0 Å². The Balaban J connectivity index is 2.18. The lowest BCUT2D eigenvalue weighted by Crippen LogP contribution is -2.33. The van der Waals surface area contributed by atoms with Gasteiger partial charge in [0.05, 0.1) is 0 Å². The molecule has 0 aromatic carbocycles. The third-order valence-corrected chi connectivity index (χ3v) is 5.16. The van der Waals surface area contributed by atoms with Crippen LogP contribution in [0.15, 0.2) is 12.1 Å². The molecule has 0 bridgehead atoms. The molecule has 2 heteroatoms. The zero-order valence-electron chi connectivity index (χ0n) is 10.8. The van der Waals surface area contributed by atoms with Crippen LogP contribution in [0.5, 0.6) is 0 Å². The molecular weight excluding hydrogens is 214 g/mol. The molecule has 1 fully saturated rings. The average molecular weight is 237 g/mol. The molecule has 2 unspecified atom stereocenters. The summed E-state index contributed by atoms with van der Waals surface area (Å²) in [6, 6.07) is 4.69. The van der Waals surface area contributed by atoms with Crippen molar-refractivity contribution in [2.45, 2.75) is 45.4 Å². The molecule has 2 rings (SSSR count). The van der Waals surface area contributed by atoms with Crippen LogP contribution in [-0.4, -0.2) is 13.1 Å². The first-order valence-corrected chi connectivity index (χ1v) is 7.11. The van der Waals surface area contributed by atoms with E-state index in [0.29, 0.717) is 5.41 Å². The summed E-state index contributed by atoms with van der Waals surface area (Å²) in [7, 11) is 0. The molecule has 0 radical (unpaired) electrons. The van der Waals surface area contributed by atoms with Crippen LogP contribution in [0.1, 0.15) is 49.8 Å². The summed E-state index contributed by atoms with van der Waals surface area (Å²) in [5.74, 6) is 1.56. The lowest BCUT2D eigenvalue weighted by atomic mass is 9.87. The molecule has 1 aliphatic heterocycles. The highest BCUT2D eigenvalue weighted by atomic mass is 32.1. The van der Waals surface area contributed by atoms with Crippen molar-refractivity contribution in [3.05, 3.63) is 21.9 Å². The highest BCUT2D eigenvalue weighted by Gasteiger charge is 2.25. The van der Waals surface area contributed by atoms with Crippen LogP contribution in [0.4, 0.5) is 0 Å². The van der Waals surface area contributed by atoms with E-state index in [4.69, 9.17) is 0 Å². The summed E-state index contributed by atoms with van der Waals surface area (Å²) in [4.78, 5) is 3.12. The Morgan fingerprint density at radius 3 is 2.62 bits per heavy atom. The Morgan fingerprint density at radius 2 is 2.06 bits per heavy atom. The van der Waals surface area contributed by atoms with Crippen molar-refractivity contribution in [1.82, 2.24) is 5.32 Å². The van der Waals surface area contributed by atoms with Crippen molar-refractivity contribution in [2.75, 3.05) is 13.1 Å². The largest absolute Gasteiger partial charge is 0.316 e. The molecule has 0 aliphatic carbocycles. The van der Waals surface area contributed by atoms with Crippen molar-refractivity contribution in [3.63, 3.8) is 0 Å². The highest BCUT2D eigenvalue weighted by Crippen LogP contribution is 2.38. The van der Waals surface area contributed by atoms with Gasteiger partial charge in [-0.25, -0.2) is 0 Å². The molecule has 1 saturated heterocycles. The fourth-order valence-corrected chi connectivity index (χ4v) is 3.73. The smallest absolute Gasteiger partial charge is 0.0102 e. The van der Waals surface area contributed by atoms with Crippen LogP contribution in [0.3, 0.4) is 0 Å². The minimum Gasteiger partial charge on any atom is -0.316 e. The van der Waals surface area contributed by atoms with Gasteiger partial charge in [0.25, 0.3) is 0 Å². The predicted octanol–water partition coefficient (Wildman–Crippen LogP) is 3.76. The average Bonchev–Trinajstić information content (AvgIpc) is 2.66. The number of piperidine rings is 1. The first-order valence-electron chi connectivity index (χ1n) is 6.29. The summed E-state index contributed by atoms with van der Waals surface area (Å²) in [5, 5.41) is 3.48. The zero-order chi connectivity index (χ0) is 11.8. The molecule has 1 aromatic heterocycles. The van der Waals surface area contributed by atoms with Crippen molar-refractivity contribution < 1.29 is 0 Å². The summed E-state index contributed by atoms with van der Waals surface area (Å²) in [6.45, 7) is 11.6. The van der Waals surface area contributed by atoms with Gasteiger partial charge in [0.2, 0.25) is 0 Å². The second-order valence-corrected chi connectivity index (χ2v) is 7.14. The second-order valence-electron chi connectivity index (χ2n) is 6.03. The van der Waals surface area contributed by atoms with E-state index in [0.717, 1.165) is 11.8 Å². The van der Waals surface area contributed by atoms with Crippen LogP contribution >= 0.6 is 11.3 Å². The van der Waals surface area contributed by atoms with Gasteiger partial charge in [0, 0.05) is 9.75 Å². The highest BCUT2D eigenvalue weighted by molar-refractivity contribution is 7.12. The molecule has 1 N–H and O–H groups in total. The maximum Gasteiger partial charge on any atom is 0.0102 e. The van der Waals surface area contributed by atoms with Gasteiger partial charge in [0.15, 0.2) is 0 Å². The lowest BCUT2D eigenvalue weighted by molar-refractivity contribution is 0.353. The Morgan fingerprint density at radius 1 is 1.31 bits per heavy atom. The second kappa shape index (κ2) is 4.50. The van der Waals surface area contributed by atoms with Gasteiger partial charge in [0.1, 0.15) is 0 Å². The van der Waals surface area contributed by atoms with Crippen molar-refractivity contribution in [1.29, 1.82) is 0 Å². The summed E-state index contributed by atoms with van der Waals surface area (Å²) >= 11 is 2.02. The quantitative estimate of drug-likeness (QED) is 0.784. The predicted molar refractivity (Wildman–Crippen MR) is 72.4 cm³/mol. The van der Waals surface area contributed by atoms with Crippen molar-refractivity contribution in [3.8, 4) is 0 Å². The Labute approximate surface area is 103 Å². The van der Waals surface area contributed by atoms with Gasteiger partial charge in [-0.2, -0.15) is 0 Å². The number of hydrogen-bond donors (Lipinski definition) is 1. The van der Waals surface area contributed by atoms with E-state index >= 15 is 0 Å². The van der Waals surface area contributed by atoms with Gasteiger partial charge in [-0.1, -0.05) is 27.7 Å². The Kier molecular flexibility index (Phi) is 3.41. The third kappa shape index (κ3) is 2.49. The molecular formula is C14H23NS. The SMILES string of the molecule is CC1CNCCC1c1ccc(C(C)(C)C)s1. The van der Waals surface area contributed by atoms with E-state index in [2.05, 4.69) is 45.1 Å². The summed E-state index contributed by atoms with van der Waals surface area (Å²) in [6.07, 6.45) is 1.30. The zero-order valence-corrected chi connectivity index (χ0v) is 11.7. The maximum absolute atomic E-state index is 3.48. The van der Waals surface area contributed by atoms with Gasteiger partial charge >= 0.3 is 0 Å². The van der Waals surface area contributed by atoms with E-state index in [-0.39, 0.29) is 0 Å². The van der Waals surface area contributed by atoms with E-state index in [9.17, 15) is 0 Å². The molecule has 2 atom stereocenters. The van der Waals surface area contributed by atoms with Crippen LogP contribution in [0.2, 0.25) is 0 Å². The topological polar surface area (TPSA) is 12.0 Å². The maximum atomic E-state index is 3.48. The molecule has 2 heterocycles. The van der Waals surface area contributed by atoms with Gasteiger partial charge in [-0.15, -0.1) is 11.3 Å². The van der Waals surface area contributed by atoms with Crippen LogP contribution in [-0.2, 0) is 5.41 Å². The summed E-state index contributed by atoms with van der Waals surface area (Å²) < 4.78 is 0. The Hall–Kier alpha value is -0.340. The fraction of sp³-hybridized carbons (Fsp3) is 0.714. The van der Waals surface area contributed by atoms with Crippen molar-refractivity contribution >= 4 is 11.3 Å². The van der Waals surface area contributed by atoms with Crippen LogP contribution in [0.25, 0.3) is 0 Å². The Bertz CT molecular complexity index is 348. The molecule has 90 valence electrons. The van der Waals surface area contributed by atoms with E-state index in [1.54, 1.807) is 4.88 Å². The van der Waals surface area contributed by atoms with Crippen LogP contribution < -0.4 is 5.32 Å². The first kappa shape index (κ1) is 12.1. The number of nitrogens with one attached hydrogen (secondary N) is 1. The van der Waals surface area contributed by atoms with Crippen LogP contribution in [0, 0.1) is 5.92 Å². The number of rotatable bonds is 1. The molecule has 1 aliphatic rings. The van der Waals surface area contributed by atoms with Gasteiger partial charge < -0.3 is 5.32 Å². The minimum absolute atomic E-state index is 0.305. The number of hydrogen-bond acceptors (Lipinski definition) is 2. The standard InChI is InChI=1S/C14H23NS/c1-10-9-15-8-7-11(10)12-5-6-13(16-12)14(2,3)4/h5-6,10-11,15H,7-9H2,1-4H3. The molecule has 1 aromatic rings. The van der Waals surface area contributed by atoms with Gasteiger partial charge in [-0.3, -0.25) is 0 Å². The molecule has 16 heavy (non-hydrogen) atoms. The normalized spacial score (nSPS) is 27.0. The third-order valence-electron chi connectivity index (χ3n) is 3.52. The molecule has 0 amide bonds. The van der Waals surface area contributed by atoms with Crippen molar-refractivity contribution in [2.24, 2.45) is 5.92 Å².